The summed E-state index contributed by atoms with van der Waals surface area (Å²) in [5.41, 5.74) is 1.44. The van der Waals surface area contributed by atoms with E-state index in [0.29, 0.717) is 24.5 Å². The van der Waals surface area contributed by atoms with Gasteiger partial charge in [0.1, 0.15) is 0 Å². The average Bonchev–Trinajstić information content (AvgIpc) is 3.38. The fourth-order valence-corrected chi connectivity index (χ4v) is 5.63. The molecular weight excluding hydrogens is 526 g/mol. The zero-order valence-electron chi connectivity index (χ0n) is 18.5. The van der Waals surface area contributed by atoms with E-state index in [1.54, 1.807) is 36.4 Å². The van der Waals surface area contributed by atoms with E-state index in [-0.39, 0.29) is 18.0 Å². The highest BCUT2D eigenvalue weighted by Gasteiger charge is 2.28. The van der Waals surface area contributed by atoms with E-state index in [1.165, 1.54) is 10.4 Å². The number of carbonyl (C=O) groups excluding carboxylic acids is 2. The number of rotatable bonds is 7. The fourth-order valence-electron chi connectivity index (χ4n) is 3.93. The number of morpholine rings is 1. The second-order valence-corrected chi connectivity index (χ2v) is 10.9. The molecule has 0 atom stereocenters. The van der Waals surface area contributed by atoms with Crippen LogP contribution in [0.2, 0.25) is 0 Å². The van der Waals surface area contributed by atoms with Crippen molar-refractivity contribution in [2.24, 2.45) is 0 Å². The monoisotopic (exact) mass is 551 g/mol. The molecular formula is C23H26BrN3O6S. The molecule has 2 heterocycles. The SMILES string of the molecule is O=C(COC(=O)c1ccc(Br)cc1)Nc1cc(S(=O)(=O)N2CCOCC2)ccc1N1CCCC1. The van der Waals surface area contributed by atoms with Crippen LogP contribution in [0.15, 0.2) is 51.8 Å². The highest BCUT2D eigenvalue weighted by Crippen LogP contribution is 2.32. The van der Waals surface area contributed by atoms with Gasteiger partial charge in [-0.2, -0.15) is 4.31 Å². The molecule has 1 N–H and O–H groups in total. The molecule has 2 saturated heterocycles. The first-order chi connectivity index (χ1) is 16.3. The Labute approximate surface area is 207 Å². The van der Waals surface area contributed by atoms with Crippen LogP contribution >= 0.6 is 15.9 Å². The van der Waals surface area contributed by atoms with E-state index in [1.807, 2.05) is 0 Å². The zero-order chi connectivity index (χ0) is 24.1. The molecule has 2 fully saturated rings. The molecule has 2 aromatic rings. The second kappa shape index (κ2) is 10.9. The van der Waals surface area contributed by atoms with Gasteiger partial charge in [0.05, 0.1) is 35.0 Å². The largest absolute Gasteiger partial charge is 0.452 e. The molecule has 9 nitrogen and oxygen atoms in total. The smallest absolute Gasteiger partial charge is 0.338 e. The maximum atomic E-state index is 13.1. The number of hydrogen-bond acceptors (Lipinski definition) is 7. The van der Waals surface area contributed by atoms with Gasteiger partial charge >= 0.3 is 5.97 Å². The Hall–Kier alpha value is -2.47. The quantitative estimate of drug-likeness (QED) is 0.527. The van der Waals surface area contributed by atoms with Crippen molar-refractivity contribution in [3.8, 4) is 0 Å². The van der Waals surface area contributed by atoms with E-state index in [4.69, 9.17) is 9.47 Å². The summed E-state index contributed by atoms with van der Waals surface area (Å²) in [6.07, 6.45) is 2.04. The summed E-state index contributed by atoms with van der Waals surface area (Å²) in [7, 11) is -3.73. The minimum Gasteiger partial charge on any atom is -0.452 e. The maximum absolute atomic E-state index is 13.1. The van der Waals surface area contributed by atoms with Gasteiger partial charge in [-0.3, -0.25) is 4.79 Å². The zero-order valence-corrected chi connectivity index (χ0v) is 20.9. The van der Waals surface area contributed by atoms with Gasteiger partial charge in [0, 0.05) is 30.7 Å². The molecule has 2 aliphatic rings. The number of hydrogen-bond donors (Lipinski definition) is 1. The van der Waals surface area contributed by atoms with Crippen molar-refractivity contribution >= 4 is 49.2 Å². The third-order valence-corrected chi connectivity index (χ3v) is 8.13. The lowest BCUT2D eigenvalue weighted by Crippen LogP contribution is -2.40. The number of amides is 1. The van der Waals surface area contributed by atoms with Crippen LogP contribution in [0.3, 0.4) is 0 Å². The van der Waals surface area contributed by atoms with Gasteiger partial charge in [-0.15, -0.1) is 0 Å². The lowest BCUT2D eigenvalue weighted by Gasteiger charge is -2.27. The first-order valence-corrected chi connectivity index (χ1v) is 13.3. The number of nitrogens with zero attached hydrogens (tertiary/aromatic N) is 2. The highest BCUT2D eigenvalue weighted by atomic mass is 79.9. The number of esters is 1. The molecule has 0 spiro atoms. The topological polar surface area (TPSA) is 105 Å². The number of carbonyl (C=O) groups is 2. The molecule has 4 rings (SSSR count). The van der Waals surface area contributed by atoms with E-state index >= 15 is 0 Å². The van der Waals surface area contributed by atoms with Crippen LogP contribution in [0, 0.1) is 0 Å². The lowest BCUT2D eigenvalue weighted by atomic mass is 10.2. The number of ether oxygens (including phenoxy) is 2. The van der Waals surface area contributed by atoms with Crippen LogP contribution < -0.4 is 10.2 Å². The van der Waals surface area contributed by atoms with Crippen LogP contribution in [0.1, 0.15) is 23.2 Å². The maximum Gasteiger partial charge on any atom is 0.338 e. The predicted octanol–water partition coefficient (Wildman–Crippen LogP) is 2.87. The van der Waals surface area contributed by atoms with E-state index in [0.717, 1.165) is 36.1 Å². The summed E-state index contributed by atoms with van der Waals surface area (Å²) < 4.78 is 38.9. The van der Waals surface area contributed by atoms with Crippen LogP contribution in [-0.4, -0.2) is 70.6 Å². The molecule has 182 valence electrons. The molecule has 0 aliphatic carbocycles. The van der Waals surface area contributed by atoms with Gasteiger partial charge in [0.25, 0.3) is 5.91 Å². The highest BCUT2D eigenvalue weighted by molar-refractivity contribution is 9.10. The summed E-state index contributed by atoms with van der Waals surface area (Å²) in [5, 5.41) is 2.75. The van der Waals surface area contributed by atoms with Crippen LogP contribution in [0.5, 0.6) is 0 Å². The molecule has 2 aliphatic heterocycles. The van der Waals surface area contributed by atoms with E-state index in [9.17, 15) is 18.0 Å². The van der Waals surface area contributed by atoms with Crippen LogP contribution in [-0.2, 0) is 24.3 Å². The number of sulfonamides is 1. The number of benzene rings is 2. The van der Waals surface area contributed by atoms with E-state index in [2.05, 4.69) is 26.1 Å². The summed E-state index contributed by atoms with van der Waals surface area (Å²) in [6, 6.07) is 11.4. The molecule has 34 heavy (non-hydrogen) atoms. The van der Waals surface area contributed by atoms with Crippen LogP contribution in [0.4, 0.5) is 11.4 Å². The second-order valence-electron chi connectivity index (χ2n) is 8.02. The Morgan fingerprint density at radius 3 is 2.35 bits per heavy atom. The third-order valence-electron chi connectivity index (χ3n) is 5.71. The Bertz CT molecular complexity index is 1140. The lowest BCUT2D eigenvalue weighted by molar-refractivity contribution is -0.119. The first-order valence-electron chi connectivity index (χ1n) is 11.0. The average molecular weight is 552 g/mol. The number of anilines is 2. The van der Waals surface area contributed by atoms with Crippen molar-refractivity contribution in [1.29, 1.82) is 0 Å². The normalized spacial score (nSPS) is 16.9. The van der Waals surface area contributed by atoms with Gasteiger partial charge in [-0.05, 0) is 55.3 Å². The van der Waals surface area contributed by atoms with Crippen molar-refractivity contribution in [2.45, 2.75) is 17.7 Å². The Balaban J connectivity index is 1.51. The molecule has 0 saturated carbocycles. The predicted molar refractivity (Wildman–Crippen MR) is 131 cm³/mol. The van der Waals surface area contributed by atoms with Crippen molar-refractivity contribution in [3.05, 3.63) is 52.5 Å². The molecule has 0 unspecified atom stereocenters. The standard InChI is InChI=1S/C23H26BrN3O6S/c24-18-5-3-17(4-6-18)23(29)33-16-22(28)25-20-15-19(7-8-21(20)26-9-1-2-10-26)34(30,31)27-11-13-32-14-12-27/h3-8,15H,1-2,9-14,16H2,(H,25,28). The first kappa shape index (κ1) is 24.6. The molecule has 2 aromatic carbocycles. The summed E-state index contributed by atoms with van der Waals surface area (Å²) in [6.45, 7) is 2.40. The van der Waals surface area contributed by atoms with Gasteiger partial charge in [-0.25, -0.2) is 13.2 Å². The molecule has 1 amide bonds. The summed E-state index contributed by atoms with van der Waals surface area (Å²) in [4.78, 5) is 27.1. The third kappa shape index (κ3) is 5.77. The van der Waals surface area contributed by atoms with Gasteiger partial charge in [0.2, 0.25) is 10.0 Å². The van der Waals surface area contributed by atoms with Crippen molar-refractivity contribution < 1.29 is 27.5 Å². The van der Waals surface area contributed by atoms with Crippen molar-refractivity contribution in [3.63, 3.8) is 0 Å². The number of halogens is 1. The Kier molecular flexibility index (Phi) is 7.87. The minimum atomic E-state index is -3.73. The van der Waals surface area contributed by atoms with E-state index < -0.39 is 28.5 Å². The molecule has 0 bridgehead atoms. The Morgan fingerprint density at radius 1 is 1.00 bits per heavy atom. The van der Waals surface area contributed by atoms with Gasteiger partial charge < -0.3 is 19.7 Å². The fraction of sp³-hybridized carbons (Fsp3) is 0.391. The molecule has 11 heteroatoms. The Morgan fingerprint density at radius 2 is 1.68 bits per heavy atom. The number of nitrogens with one attached hydrogen (secondary N) is 1. The van der Waals surface area contributed by atoms with Crippen molar-refractivity contribution in [2.75, 3.05) is 56.2 Å². The molecule has 0 radical (unpaired) electrons. The molecule has 0 aromatic heterocycles. The van der Waals surface area contributed by atoms with Crippen LogP contribution in [0.25, 0.3) is 0 Å². The summed E-state index contributed by atoms with van der Waals surface area (Å²) in [5.74, 6) is -1.17. The van der Waals surface area contributed by atoms with Gasteiger partial charge in [-0.1, -0.05) is 15.9 Å². The minimum absolute atomic E-state index is 0.0968. The van der Waals surface area contributed by atoms with Gasteiger partial charge in [0.15, 0.2) is 6.61 Å². The summed E-state index contributed by atoms with van der Waals surface area (Å²) >= 11 is 3.30. The van der Waals surface area contributed by atoms with Crippen molar-refractivity contribution in [1.82, 2.24) is 4.31 Å².